The smallest absolute Gasteiger partial charge is 0.197 e. The van der Waals surface area contributed by atoms with Crippen LogP contribution in [0.15, 0.2) is 77.3 Å². The monoisotopic (exact) mass is 451 g/mol. The van der Waals surface area contributed by atoms with Gasteiger partial charge in [-0.3, -0.25) is 0 Å². The van der Waals surface area contributed by atoms with E-state index in [0.29, 0.717) is 10.6 Å². The van der Waals surface area contributed by atoms with E-state index in [4.69, 9.17) is 12.2 Å². The fourth-order valence-corrected chi connectivity index (χ4v) is 5.97. The van der Waals surface area contributed by atoms with E-state index in [1.807, 2.05) is 12.1 Å². The number of anilines is 1. The highest BCUT2D eigenvalue weighted by Crippen LogP contribution is 2.46. The van der Waals surface area contributed by atoms with Crippen molar-refractivity contribution in [1.82, 2.24) is 0 Å². The molecule has 0 saturated carbocycles. The van der Waals surface area contributed by atoms with Crippen LogP contribution in [0.3, 0.4) is 0 Å². The predicted molar refractivity (Wildman–Crippen MR) is 110 cm³/mol. The van der Waals surface area contributed by atoms with Crippen molar-refractivity contribution < 1.29 is 13.3 Å². The molecule has 3 aromatic carbocycles. The molecule has 3 rings (SSSR count). The third-order valence-corrected chi connectivity index (χ3v) is 8.00. The van der Waals surface area contributed by atoms with Crippen LogP contribution >= 0.6 is 35.3 Å². The van der Waals surface area contributed by atoms with Crippen LogP contribution in [-0.4, -0.2) is 4.73 Å². The van der Waals surface area contributed by atoms with E-state index in [1.165, 1.54) is 0 Å². The van der Waals surface area contributed by atoms with E-state index in [9.17, 15) is 13.3 Å². The summed E-state index contributed by atoms with van der Waals surface area (Å²) in [4.78, 5) is 0. The summed E-state index contributed by atoms with van der Waals surface area (Å²) < 4.78 is 41.6. The van der Waals surface area contributed by atoms with Gasteiger partial charge in [0.05, 0.1) is 5.69 Å². The molecule has 26 heavy (non-hydrogen) atoms. The molecule has 132 valence electrons. The molecule has 0 fully saturated rings. The highest BCUT2D eigenvalue weighted by atomic mass is 79.9. The van der Waals surface area contributed by atoms with Crippen LogP contribution < -0.4 is 15.9 Å². The van der Waals surface area contributed by atoms with Gasteiger partial charge in [-0.2, -0.15) is 0 Å². The molecular weight excluding hydrogens is 439 g/mol. The fourth-order valence-electron chi connectivity index (χ4n) is 2.51. The molecule has 0 aliphatic carbocycles. The minimum Gasteiger partial charge on any atom is -0.340 e. The van der Waals surface area contributed by atoms with E-state index < -0.39 is 18.8 Å². The fraction of sp³-hybridized carbons (Fsp3) is 0. The maximum absolute atomic E-state index is 14.2. The first-order valence-electron chi connectivity index (χ1n) is 7.60. The normalized spacial score (nSPS) is 11.2. The van der Waals surface area contributed by atoms with Gasteiger partial charge in [0.2, 0.25) is 0 Å². The summed E-state index contributed by atoms with van der Waals surface area (Å²) >= 11 is 8.55. The van der Waals surface area contributed by atoms with Crippen molar-refractivity contribution >= 4 is 56.3 Å². The summed E-state index contributed by atoms with van der Waals surface area (Å²) in [5.74, 6) is -1.55. The van der Waals surface area contributed by atoms with Gasteiger partial charge in [-0.1, -0.05) is 72.9 Å². The Bertz CT molecular complexity index is 932. The number of benzene rings is 3. The van der Waals surface area contributed by atoms with E-state index in [2.05, 4.69) is 21.2 Å². The van der Waals surface area contributed by atoms with Gasteiger partial charge in [0.1, 0.15) is 10.5 Å². The van der Waals surface area contributed by atoms with E-state index in [-0.39, 0.29) is 14.9 Å². The maximum atomic E-state index is 14.2. The number of hydrogen-bond acceptors (Lipinski definition) is 2. The third kappa shape index (κ3) is 3.63. The van der Waals surface area contributed by atoms with Gasteiger partial charge in [-0.05, 0) is 22.0 Å². The minimum atomic E-state index is -3.39. The van der Waals surface area contributed by atoms with Crippen molar-refractivity contribution in [3.63, 3.8) is 0 Å². The number of hydrogen-bond donors (Lipinski definition) is 1. The zero-order valence-electron chi connectivity index (χ0n) is 13.3. The molecule has 1 N–H and O–H groups in total. The Morgan fingerprint density at radius 2 is 1.42 bits per heavy atom. The van der Waals surface area contributed by atoms with Crippen LogP contribution in [0, 0.1) is 11.6 Å². The lowest BCUT2D eigenvalue weighted by Gasteiger charge is -2.22. The lowest BCUT2D eigenvalue weighted by molar-refractivity contribution is 0.585. The molecule has 0 heterocycles. The second kappa shape index (κ2) is 7.78. The van der Waals surface area contributed by atoms with Crippen molar-refractivity contribution in [2.24, 2.45) is 0 Å². The van der Waals surface area contributed by atoms with Crippen molar-refractivity contribution in [1.29, 1.82) is 0 Å². The molecule has 2 nitrogen and oxygen atoms in total. The Kier molecular flexibility index (Phi) is 5.66. The average molecular weight is 452 g/mol. The van der Waals surface area contributed by atoms with Crippen LogP contribution in [-0.2, 0) is 4.57 Å². The van der Waals surface area contributed by atoms with E-state index in [1.54, 1.807) is 48.5 Å². The Labute approximate surface area is 163 Å². The highest BCUT2D eigenvalue weighted by Gasteiger charge is 2.33. The van der Waals surface area contributed by atoms with Gasteiger partial charge >= 0.3 is 0 Å². The Balaban J connectivity index is 2.09. The quantitative estimate of drug-likeness (QED) is 0.423. The molecule has 3 aromatic rings. The van der Waals surface area contributed by atoms with Crippen LogP contribution in [0.25, 0.3) is 0 Å². The maximum Gasteiger partial charge on any atom is 0.197 e. The first-order valence-corrected chi connectivity index (χ1v) is 10.5. The standard InChI is InChI=1S/C19H13BrF2NOPS/c20-16-11-13(21)12-17(22)18(16)23-19(26)25(24,14-7-3-1-4-8-14)15-9-5-2-6-10-15/h1-12H,(H,23,26). The summed E-state index contributed by atoms with van der Waals surface area (Å²) in [7, 11) is -3.39. The van der Waals surface area contributed by atoms with Crippen molar-refractivity contribution in [2.45, 2.75) is 0 Å². The van der Waals surface area contributed by atoms with E-state index in [0.717, 1.165) is 12.1 Å². The number of thiocarbonyl (C=S) groups is 1. The van der Waals surface area contributed by atoms with Crippen LogP contribution in [0.5, 0.6) is 0 Å². The number of nitrogens with one attached hydrogen (secondary N) is 1. The summed E-state index contributed by atoms with van der Waals surface area (Å²) in [5, 5.41) is 3.78. The molecule has 0 amide bonds. The molecule has 0 radical (unpaired) electrons. The molecular formula is C19H13BrF2NOPS. The number of rotatable bonds is 4. The van der Waals surface area contributed by atoms with Crippen molar-refractivity contribution in [3.8, 4) is 0 Å². The van der Waals surface area contributed by atoms with Gasteiger partial charge in [0, 0.05) is 21.1 Å². The van der Waals surface area contributed by atoms with Crippen LogP contribution in [0.1, 0.15) is 0 Å². The second-order valence-electron chi connectivity index (χ2n) is 5.45. The lowest BCUT2D eigenvalue weighted by Crippen LogP contribution is -2.26. The topological polar surface area (TPSA) is 29.1 Å². The molecule has 0 aromatic heterocycles. The lowest BCUT2D eigenvalue weighted by atomic mass is 10.3. The first kappa shape index (κ1) is 18.9. The van der Waals surface area contributed by atoms with Crippen LogP contribution in [0.4, 0.5) is 14.5 Å². The summed E-state index contributed by atoms with van der Waals surface area (Å²) in [6.45, 7) is 0. The molecule has 7 heteroatoms. The Morgan fingerprint density at radius 3 is 1.88 bits per heavy atom. The SMILES string of the molecule is O=P(C(=S)Nc1c(F)cc(F)cc1Br)(c1ccccc1)c1ccccc1. The zero-order valence-corrected chi connectivity index (χ0v) is 16.6. The predicted octanol–water partition coefficient (Wildman–Crippen LogP) is 5.44. The summed E-state index contributed by atoms with van der Waals surface area (Å²) in [6.07, 6.45) is 0. The Morgan fingerprint density at radius 1 is 0.923 bits per heavy atom. The van der Waals surface area contributed by atoms with Gasteiger partial charge in [-0.15, -0.1) is 0 Å². The van der Waals surface area contributed by atoms with Gasteiger partial charge < -0.3 is 9.88 Å². The molecule has 0 atom stereocenters. The zero-order chi connectivity index (χ0) is 18.7. The molecule has 0 aliphatic heterocycles. The molecule has 0 bridgehead atoms. The largest absolute Gasteiger partial charge is 0.340 e. The average Bonchev–Trinajstić information content (AvgIpc) is 2.65. The van der Waals surface area contributed by atoms with Crippen molar-refractivity contribution in [2.75, 3.05) is 5.32 Å². The summed E-state index contributed by atoms with van der Waals surface area (Å²) in [5.41, 5.74) is -0.0523. The van der Waals surface area contributed by atoms with Gasteiger partial charge in [0.15, 0.2) is 13.0 Å². The van der Waals surface area contributed by atoms with Gasteiger partial charge in [0.25, 0.3) is 0 Å². The van der Waals surface area contributed by atoms with Crippen LogP contribution in [0.2, 0.25) is 0 Å². The highest BCUT2D eigenvalue weighted by molar-refractivity contribution is 9.10. The number of halogens is 3. The van der Waals surface area contributed by atoms with Gasteiger partial charge in [-0.25, -0.2) is 8.78 Å². The molecule has 0 spiro atoms. The second-order valence-corrected chi connectivity index (χ2v) is 9.72. The first-order chi connectivity index (χ1) is 12.4. The van der Waals surface area contributed by atoms with Crippen molar-refractivity contribution in [3.05, 3.63) is 88.9 Å². The van der Waals surface area contributed by atoms with E-state index >= 15 is 0 Å². The minimum absolute atomic E-state index is 0.0268. The third-order valence-electron chi connectivity index (χ3n) is 3.76. The molecule has 0 saturated heterocycles. The molecule has 0 aliphatic rings. The Hall–Kier alpha value is -1.88. The summed E-state index contributed by atoms with van der Waals surface area (Å²) in [6, 6.07) is 19.4. The molecule has 0 unspecified atom stereocenters.